The Balaban J connectivity index is 1.67. The first-order valence-corrected chi connectivity index (χ1v) is 7.57. The maximum atomic E-state index is 3.86. The normalized spacial score (nSPS) is 37.2. The van der Waals surface area contributed by atoms with Crippen molar-refractivity contribution in [2.24, 2.45) is 17.8 Å². The van der Waals surface area contributed by atoms with Crippen LogP contribution in [0.2, 0.25) is 0 Å². The first kappa shape index (κ1) is 13.4. The molecule has 2 aliphatic rings. The van der Waals surface area contributed by atoms with Gasteiger partial charge in [-0.1, -0.05) is 13.8 Å². The van der Waals surface area contributed by atoms with Gasteiger partial charge in [0.05, 0.1) is 0 Å². The summed E-state index contributed by atoms with van der Waals surface area (Å²) in [5.74, 6) is 2.76. The van der Waals surface area contributed by atoms with E-state index in [2.05, 4.69) is 31.1 Å². The van der Waals surface area contributed by atoms with Gasteiger partial charge in [0.2, 0.25) is 0 Å². The van der Waals surface area contributed by atoms with Crippen LogP contribution >= 0.6 is 0 Å². The van der Waals surface area contributed by atoms with Crippen molar-refractivity contribution in [3.8, 4) is 0 Å². The van der Waals surface area contributed by atoms with Crippen LogP contribution in [0.4, 0.5) is 0 Å². The topological polar surface area (TPSA) is 15.3 Å². The lowest BCUT2D eigenvalue weighted by Gasteiger charge is -2.35. The van der Waals surface area contributed by atoms with Gasteiger partial charge < -0.3 is 10.2 Å². The van der Waals surface area contributed by atoms with Crippen LogP contribution in [0, 0.1) is 17.8 Å². The number of piperidine rings is 1. The molecule has 0 aromatic carbocycles. The Morgan fingerprint density at radius 3 is 2.41 bits per heavy atom. The average Bonchev–Trinajstić information content (AvgIpc) is 2.30. The second-order valence-corrected chi connectivity index (χ2v) is 6.66. The number of hydrogen-bond acceptors (Lipinski definition) is 2. The largest absolute Gasteiger partial charge is 0.313 e. The molecule has 1 aliphatic heterocycles. The van der Waals surface area contributed by atoms with Crippen molar-refractivity contribution in [3.05, 3.63) is 0 Å². The first-order chi connectivity index (χ1) is 8.15. The van der Waals surface area contributed by atoms with E-state index in [4.69, 9.17) is 0 Å². The third kappa shape index (κ3) is 3.96. The molecule has 1 heterocycles. The summed E-state index contributed by atoms with van der Waals surface area (Å²) in [6, 6.07) is 0.797. The van der Waals surface area contributed by atoms with Gasteiger partial charge in [-0.3, -0.25) is 0 Å². The van der Waals surface area contributed by atoms with Crippen molar-refractivity contribution < 1.29 is 0 Å². The number of nitrogens with zero attached hydrogens (tertiary/aromatic N) is 1. The van der Waals surface area contributed by atoms with Gasteiger partial charge in [0.25, 0.3) is 0 Å². The number of rotatable bonds is 3. The summed E-state index contributed by atoms with van der Waals surface area (Å²) in [5.41, 5.74) is 0. The minimum atomic E-state index is 0.797. The predicted molar refractivity (Wildman–Crippen MR) is 74.2 cm³/mol. The Kier molecular flexibility index (Phi) is 4.87. The second kappa shape index (κ2) is 6.19. The molecular weight excluding hydrogens is 208 g/mol. The fourth-order valence-corrected chi connectivity index (χ4v) is 3.55. The third-order valence-electron chi connectivity index (χ3n) is 4.94. The van der Waals surface area contributed by atoms with Gasteiger partial charge in [-0.05, 0) is 76.5 Å². The molecule has 2 nitrogen and oxygen atoms in total. The molecule has 2 fully saturated rings. The van der Waals surface area contributed by atoms with E-state index in [1.54, 1.807) is 0 Å². The zero-order valence-corrected chi connectivity index (χ0v) is 11.9. The number of likely N-dealkylation sites (tertiary alicyclic amines) is 1. The molecule has 0 radical (unpaired) electrons. The highest BCUT2D eigenvalue weighted by Gasteiger charge is 2.26. The molecule has 17 heavy (non-hydrogen) atoms. The van der Waals surface area contributed by atoms with E-state index in [9.17, 15) is 0 Å². The molecule has 2 heteroatoms. The summed E-state index contributed by atoms with van der Waals surface area (Å²) in [7, 11) is 2.24. The average molecular weight is 238 g/mol. The van der Waals surface area contributed by atoms with E-state index >= 15 is 0 Å². The molecule has 0 amide bonds. The van der Waals surface area contributed by atoms with Gasteiger partial charge >= 0.3 is 0 Å². The Hall–Kier alpha value is -0.0800. The summed E-state index contributed by atoms with van der Waals surface area (Å²) in [5, 5.41) is 3.86. The van der Waals surface area contributed by atoms with E-state index in [-0.39, 0.29) is 0 Å². The van der Waals surface area contributed by atoms with E-state index in [0.29, 0.717) is 0 Å². The zero-order chi connectivity index (χ0) is 12.3. The molecule has 3 atom stereocenters. The molecule has 0 aromatic rings. The highest BCUT2D eigenvalue weighted by Crippen LogP contribution is 2.29. The van der Waals surface area contributed by atoms with Crippen LogP contribution in [0.15, 0.2) is 0 Å². The lowest BCUT2D eigenvalue weighted by atomic mass is 9.79. The minimum Gasteiger partial charge on any atom is -0.313 e. The number of hydrogen-bond donors (Lipinski definition) is 1. The van der Waals surface area contributed by atoms with E-state index in [1.165, 1.54) is 51.7 Å². The highest BCUT2D eigenvalue weighted by molar-refractivity contribution is 4.82. The van der Waals surface area contributed by atoms with E-state index < -0.39 is 0 Å². The molecule has 3 unspecified atom stereocenters. The van der Waals surface area contributed by atoms with Gasteiger partial charge in [-0.25, -0.2) is 0 Å². The summed E-state index contributed by atoms with van der Waals surface area (Å²) in [6.45, 7) is 8.69. The van der Waals surface area contributed by atoms with Crippen molar-refractivity contribution in [2.75, 3.05) is 26.7 Å². The summed E-state index contributed by atoms with van der Waals surface area (Å²) >= 11 is 0. The lowest BCUT2D eigenvalue weighted by Crippen LogP contribution is -2.43. The SMILES string of the molecule is CC1CCC(NCC2CCN(C)CC2)C(C)C1. The smallest absolute Gasteiger partial charge is 0.00930 e. The van der Waals surface area contributed by atoms with Gasteiger partial charge in [0.15, 0.2) is 0 Å². The Morgan fingerprint density at radius 1 is 1.06 bits per heavy atom. The van der Waals surface area contributed by atoms with Crippen LogP contribution in [0.25, 0.3) is 0 Å². The van der Waals surface area contributed by atoms with Crippen LogP contribution in [0.5, 0.6) is 0 Å². The minimum absolute atomic E-state index is 0.797. The van der Waals surface area contributed by atoms with Crippen molar-refractivity contribution in [1.29, 1.82) is 0 Å². The van der Waals surface area contributed by atoms with E-state index in [0.717, 1.165) is 23.8 Å². The molecule has 100 valence electrons. The zero-order valence-electron chi connectivity index (χ0n) is 11.9. The monoisotopic (exact) mass is 238 g/mol. The molecule has 1 N–H and O–H groups in total. The Bertz CT molecular complexity index is 221. The van der Waals surface area contributed by atoms with E-state index in [1.807, 2.05) is 0 Å². The van der Waals surface area contributed by atoms with Crippen molar-refractivity contribution in [2.45, 2.75) is 52.0 Å². The van der Waals surface area contributed by atoms with Crippen molar-refractivity contribution >= 4 is 0 Å². The quantitative estimate of drug-likeness (QED) is 0.813. The van der Waals surface area contributed by atoms with Crippen LogP contribution in [-0.2, 0) is 0 Å². The predicted octanol–water partition coefficient (Wildman–Crippen LogP) is 2.74. The molecule has 0 aromatic heterocycles. The van der Waals surface area contributed by atoms with Crippen LogP contribution in [0.1, 0.15) is 46.0 Å². The Labute approximate surface area is 107 Å². The first-order valence-electron chi connectivity index (χ1n) is 7.57. The van der Waals surface area contributed by atoms with Crippen LogP contribution in [-0.4, -0.2) is 37.6 Å². The standard InChI is InChI=1S/C15H30N2/c1-12-4-5-15(13(2)10-12)16-11-14-6-8-17(3)9-7-14/h12-16H,4-11H2,1-3H3. The third-order valence-corrected chi connectivity index (χ3v) is 4.94. The fraction of sp³-hybridized carbons (Fsp3) is 1.00. The summed E-state index contributed by atoms with van der Waals surface area (Å²) in [4.78, 5) is 2.46. The molecule has 1 saturated carbocycles. The molecule has 1 aliphatic carbocycles. The lowest BCUT2D eigenvalue weighted by molar-refractivity contribution is 0.187. The van der Waals surface area contributed by atoms with Gasteiger partial charge in [-0.2, -0.15) is 0 Å². The van der Waals surface area contributed by atoms with Crippen molar-refractivity contribution in [3.63, 3.8) is 0 Å². The van der Waals surface area contributed by atoms with Gasteiger partial charge in [0.1, 0.15) is 0 Å². The molecule has 0 spiro atoms. The van der Waals surface area contributed by atoms with Gasteiger partial charge in [0, 0.05) is 6.04 Å². The second-order valence-electron chi connectivity index (χ2n) is 6.66. The Morgan fingerprint density at radius 2 is 1.76 bits per heavy atom. The van der Waals surface area contributed by atoms with Gasteiger partial charge in [-0.15, -0.1) is 0 Å². The maximum absolute atomic E-state index is 3.86. The molecule has 1 saturated heterocycles. The maximum Gasteiger partial charge on any atom is 0.00930 e. The molecular formula is C15H30N2. The highest BCUT2D eigenvalue weighted by atomic mass is 15.1. The van der Waals surface area contributed by atoms with Crippen LogP contribution in [0.3, 0.4) is 0 Å². The van der Waals surface area contributed by atoms with Crippen molar-refractivity contribution in [1.82, 2.24) is 10.2 Å². The summed E-state index contributed by atoms with van der Waals surface area (Å²) < 4.78 is 0. The summed E-state index contributed by atoms with van der Waals surface area (Å²) in [6.07, 6.45) is 7.03. The fourth-order valence-electron chi connectivity index (χ4n) is 3.55. The molecule has 2 rings (SSSR count). The number of nitrogens with one attached hydrogen (secondary N) is 1. The van der Waals surface area contributed by atoms with Crippen LogP contribution < -0.4 is 5.32 Å². The molecule has 0 bridgehead atoms.